The van der Waals surface area contributed by atoms with Crippen molar-refractivity contribution in [1.82, 2.24) is 14.5 Å². The Balaban J connectivity index is 0.00000114. The predicted molar refractivity (Wildman–Crippen MR) is 97.5 cm³/mol. The van der Waals surface area contributed by atoms with Crippen LogP contribution >= 0.6 is 0 Å². The Morgan fingerprint density at radius 1 is 1.30 bits per heavy atom. The van der Waals surface area contributed by atoms with E-state index in [1.54, 1.807) is 35.3 Å². The van der Waals surface area contributed by atoms with E-state index in [-0.39, 0.29) is 49.1 Å². The Morgan fingerprint density at radius 3 is 2.44 bits per heavy atom. The van der Waals surface area contributed by atoms with Crippen LogP contribution in [-0.2, 0) is 33.0 Å². The van der Waals surface area contributed by atoms with E-state index in [1.165, 1.54) is 17.0 Å². The number of imidazole rings is 1. The molecule has 27 heavy (non-hydrogen) atoms. The SMILES string of the molecule is Cn1cncc1CN(CCO)C(=O)CCS(=O)(=O)c1ccccc1.O=CO. The largest absolute Gasteiger partial charge is 0.483 e. The van der Waals surface area contributed by atoms with Gasteiger partial charge >= 0.3 is 0 Å². The molecular formula is C17H23N3O6S. The van der Waals surface area contributed by atoms with Crippen molar-refractivity contribution in [3.8, 4) is 0 Å². The Bertz CT molecular complexity index is 820. The number of hydrogen-bond acceptors (Lipinski definition) is 6. The molecule has 0 fully saturated rings. The van der Waals surface area contributed by atoms with Crippen molar-refractivity contribution in [2.45, 2.75) is 17.9 Å². The van der Waals surface area contributed by atoms with Gasteiger partial charge in [-0.1, -0.05) is 18.2 Å². The smallest absolute Gasteiger partial charge is 0.290 e. The highest BCUT2D eigenvalue weighted by atomic mass is 32.2. The number of amides is 1. The van der Waals surface area contributed by atoms with Gasteiger partial charge in [-0.25, -0.2) is 13.4 Å². The average Bonchev–Trinajstić information content (AvgIpc) is 3.05. The van der Waals surface area contributed by atoms with E-state index in [9.17, 15) is 13.2 Å². The van der Waals surface area contributed by atoms with Gasteiger partial charge in [0.2, 0.25) is 5.91 Å². The highest BCUT2D eigenvalue weighted by Gasteiger charge is 2.20. The van der Waals surface area contributed by atoms with Gasteiger partial charge in [-0.05, 0) is 12.1 Å². The number of rotatable bonds is 8. The number of nitrogens with zero attached hydrogens (tertiary/aromatic N) is 3. The zero-order valence-electron chi connectivity index (χ0n) is 14.9. The average molecular weight is 397 g/mol. The molecule has 0 atom stereocenters. The van der Waals surface area contributed by atoms with E-state index in [0.29, 0.717) is 0 Å². The number of aliphatic hydroxyl groups is 1. The number of aromatic nitrogens is 2. The molecule has 0 aliphatic heterocycles. The second-order valence-corrected chi connectivity index (χ2v) is 7.63. The van der Waals surface area contributed by atoms with E-state index in [2.05, 4.69) is 4.98 Å². The monoisotopic (exact) mass is 397 g/mol. The Kier molecular flexibility index (Phi) is 9.17. The summed E-state index contributed by atoms with van der Waals surface area (Å²) in [4.78, 5) is 26.4. The molecule has 10 heteroatoms. The van der Waals surface area contributed by atoms with Crippen molar-refractivity contribution in [3.05, 3.63) is 48.5 Å². The number of carbonyl (C=O) groups is 2. The van der Waals surface area contributed by atoms with Crippen LogP contribution in [-0.4, -0.2) is 64.4 Å². The molecule has 0 spiro atoms. The molecule has 1 amide bonds. The molecule has 2 aromatic rings. The first-order valence-electron chi connectivity index (χ1n) is 8.05. The van der Waals surface area contributed by atoms with Crippen LogP contribution in [0.15, 0.2) is 47.8 Å². The summed E-state index contributed by atoms with van der Waals surface area (Å²) in [6.07, 6.45) is 3.13. The molecule has 2 N–H and O–H groups in total. The third-order valence-corrected chi connectivity index (χ3v) is 5.41. The minimum absolute atomic E-state index is 0.130. The summed E-state index contributed by atoms with van der Waals surface area (Å²) in [6, 6.07) is 8.06. The number of carbonyl (C=O) groups excluding carboxylic acids is 1. The van der Waals surface area contributed by atoms with E-state index >= 15 is 0 Å². The lowest BCUT2D eigenvalue weighted by atomic mass is 10.3. The number of benzene rings is 1. The predicted octanol–water partition coefficient (Wildman–Crippen LogP) is 0.306. The summed E-state index contributed by atoms with van der Waals surface area (Å²) in [7, 11) is -1.69. The molecule has 0 radical (unpaired) electrons. The van der Waals surface area contributed by atoms with Gasteiger partial charge in [0, 0.05) is 26.2 Å². The second kappa shape index (κ2) is 11.1. The Labute approximate surface area is 157 Å². The summed E-state index contributed by atoms with van der Waals surface area (Å²) in [6.45, 7) is -0.00823. The topological polar surface area (TPSA) is 130 Å². The molecule has 1 aromatic heterocycles. The lowest BCUT2D eigenvalue weighted by molar-refractivity contribution is -0.132. The minimum atomic E-state index is -3.50. The lowest BCUT2D eigenvalue weighted by Crippen LogP contribution is -2.34. The molecule has 2 rings (SSSR count). The van der Waals surface area contributed by atoms with E-state index in [4.69, 9.17) is 15.0 Å². The van der Waals surface area contributed by atoms with Crippen molar-refractivity contribution in [1.29, 1.82) is 0 Å². The third-order valence-electron chi connectivity index (χ3n) is 3.68. The van der Waals surface area contributed by atoms with E-state index < -0.39 is 9.84 Å². The first-order chi connectivity index (χ1) is 12.9. The van der Waals surface area contributed by atoms with Gasteiger partial charge in [0.1, 0.15) is 0 Å². The third kappa shape index (κ3) is 7.19. The van der Waals surface area contributed by atoms with Crippen LogP contribution in [0.1, 0.15) is 12.1 Å². The van der Waals surface area contributed by atoms with Gasteiger partial charge in [-0.3, -0.25) is 9.59 Å². The van der Waals surface area contributed by atoms with Crippen molar-refractivity contribution in [2.75, 3.05) is 18.9 Å². The summed E-state index contributed by atoms with van der Waals surface area (Å²) in [5.41, 5.74) is 0.808. The van der Waals surface area contributed by atoms with Crippen molar-refractivity contribution in [2.24, 2.45) is 7.05 Å². The van der Waals surface area contributed by atoms with Crippen LogP contribution < -0.4 is 0 Å². The summed E-state index contributed by atoms with van der Waals surface area (Å²) in [5, 5.41) is 16.0. The first-order valence-corrected chi connectivity index (χ1v) is 9.70. The van der Waals surface area contributed by atoms with Gasteiger partial charge in [0.25, 0.3) is 6.47 Å². The standard InChI is InChI=1S/C16H21N3O4S.CH2O2/c1-18-13-17-11-14(18)12-19(8-9-20)16(21)7-10-24(22,23)15-5-3-2-4-6-15;2-1-3/h2-6,11,13,20H,7-10,12H2,1H3;1H,(H,2,3). The molecule has 0 unspecified atom stereocenters. The molecule has 0 saturated heterocycles. The molecule has 0 aliphatic carbocycles. The molecule has 1 heterocycles. The first kappa shape index (κ1) is 22.3. The van der Waals surface area contributed by atoms with Crippen LogP contribution in [0.4, 0.5) is 0 Å². The highest BCUT2D eigenvalue weighted by Crippen LogP contribution is 2.12. The van der Waals surface area contributed by atoms with E-state index in [0.717, 1.165) is 5.69 Å². The van der Waals surface area contributed by atoms with Gasteiger partial charge in [0.15, 0.2) is 9.84 Å². The quantitative estimate of drug-likeness (QED) is 0.613. The maximum Gasteiger partial charge on any atom is 0.290 e. The maximum atomic E-state index is 12.4. The van der Waals surface area contributed by atoms with Gasteiger partial charge in [-0.2, -0.15) is 0 Å². The Hall–Kier alpha value is -2.72. The molecule has 0 saturated carbocycles. The van der Waals surface area contributed by atoms with Crippen LogP contribution in [0.25, 0.3) is 0 Å². The number of sulfone groups is 1. The molecule has 1 aromatic carbocycles. The van der Waals surface area contributed by atoms with Gasteiger partial charge < -0.3 is 19.7 Å². The van der Waals surface area contributed by atoms with Crippen LogP contribution in [0, 0.1) is 0 Å². The Morgan fingerprint density at radius 2 is 1.93 bits per heavy atom. The molecule has 148 valence electrons. The lowest BCUT2D eigenvalue weighted by Gasteiger charge is -2.22. The second-order valence-electron chi connectivity index (χ2n) is 5.52. The zero-order valence-corrected chi connectivity index (χ0v) is 15.7. The molecule has 0 aliphatic rings. The highest BCUT2D eigenvalue weighted by molar-refractivity contribution is 7.91. The maximum absolute atomic E-state index is 12.4. The molecule has 0 bridgehead atoms. The van der Waals surface area contributed by atoms with Crippen LogP contribution in [0.5, 0.6) is 0 Å². The summed E-state index contributed by atoms with van der Waals surface area (Å²) >= 11 is 0. The fourth-order valence-electron chi connectivity index (χ4n) is 2.27. The molecular weight excluding hydrogens is 374 g/mol. The fourth-order valence-corrected chi connectivity index (χ4v) is 3.52. The van der Waals surface area contributed by atoms with Crippen LogP contribution in [0.2, 0.25) is 0 Å². The van der Waals surface area contributed by atoms with Crippen LogP contribution in [0.3, 0.4) is 0 Å². The summed E-state index contributed by atoms with van der Waals surface area (Å²) < 4.78 is 26.3. The number of carboxylic acid groups (broad SMARTS) is 1. The fraction of sp³-hybridized carbons (Fsp3) is 0.353. The minimum Gasteiger partial charge on any atom is -0.483 e. The number of aryl methyl sites for hydroxylation is 1. The number of hydrogen-bond donors (Lipinski definition) is 2. The molecule has 9 nitrogen and oxygen atoms in total. The van der Waals surface area contributed by atoms with Crippen molar-refractivity contribution in [3.63, 3.8) is 0 Å². The van der Waals surface area contributed by atoms with E-state index in [1.807, 2.05) is 7.05 Å². The zero-order chi connectivity index (χ0) is 20.3. The normalized spacial score (nSPS) is 10.6. The van der Waals surface area contributed by atoms with Gasteiger partial charge in [0.05, 0.1) is 35.8 Å². The van der Waals surface area contributed by atoms with Crippen molar-refractivity contribution >= 4 is 22.2 Å². The van der Waals surface area contributed by atoms with Crippen molar-refractivity contribution < 1.29 is 28.2 Å². The number of aliphatic hydroxyl groups excluding tert-OH is 1. The summed E-state index contributed by atoms with van der Waals surface area (Å²) in [5.74, 6) is -0.576. The van der Waals surface area contributed by atoms with Gasteiger partial charge in [-0.15, -0.1) is 0 Å².